The van der Waals surface area contributed by atoms with Gasteiger partial charge in [-0.25, -0.2) is 9.97 Å². The summed E-state index contributed by atoms with van der Waals surface area (Å²) < 4.78 is 0. The zero-order valence-electron chi connectivity index (χ0n) is 12.0. The predicted octanol–water partition coefficient (Wildman–Crippen LogP) is 3.81. The van der Waals surface area contributed by atoms with Crippen LogP contribution in [0.5, 0.6) is 0 Å². The van der Waals surface area contributed by atoms with Gasteiger partial charge in [-0.2, -0.15) is 0 Å². The van der Waals surface area contributed by atoms with E-state index in [1.54, 1.807) is 0 Å². The van der Waals surface area contributed by atoms with Gasteiger partial charge in [-0.1, -0.05) is 30.3 Å². The van der Waals surface area contributed by atoms with E-state index >= 15 is 0 Å². The fraction of sp³-hybridized carbons (Fsp3) is 0.294. The molecular weight excluding hydrogens is 278 g/mol. The first-order valence-electron chi connectivity index (χ1n) is 7.38. The second-order valence-electron chi connectivity index (χ2n) is 5.44. The predicted molar refractivity (Wildman–Crippen MR) is 88.2 cm³/mol. The lowest BCUT2D eigenvalue weighted by Crippen LogP contribution is -2.02. The minimum Gasteiger partial charge on any atom is -0.372 e. The molecule has 1 N–H and O–H groups in total. The molecule has 0 spiro atoms. The Morgan fingerprint density at radius 1 is 1.14 bits per heavy atom. The summed E-state index contributed by atoms with van der Waals surface area (Å²) >= 11 is 1.85. The number of aromatic nitrogens is 2. The number of thiophene rings is 1. The number of nitrogens with one attached hydrogen (secondary N) is 1. The first kappa shape index (κ1) is 12.8. The van der Waals surface area contributed by atoms with Crippen molar-refractivity contribution in [3.63, 3.8) is 0 Å². The summed E-state index contributed by atoms with van der Waals surface area (Å²) in [5, 5.41) is 4.52. The molecule has 0 amide bonds. The van der Waals surface area contributed by atoms with Gasteiger partial charge in [-0.15, -0.1) is 11.3 Å². The van der Waals surface area contributed by atoms with Crippen molar-refractivity contribution in [3.8, 4) is 0 Å². The first-order valence-corrected chi connectivity index (χ1v) is 8.19. The van der Waals surface area contributed by atoms with Crippen LogP contribution in [0.25, 0.3) is 10.2 Å². The third kappa shape index (κ3) is 2.20. The van der Waals surface area contributed by atoms with Crippen LogP contribution in [-0.2, 0) is 19.3 Å². The Kier molecular flexibility index (Phi) is 3.11. The van der Waals surface area contributed by atoms with Crippen LogP contribution in [-0.4, -0.2) is 17.0 Å². The van der Waals surface area contributed by atoms with E-state index in [1.807, 2.05) is 24.5 Å². The summed E-state index contributed by atoms with van der Waals surface area (Å²) in [6.07, 6.45) is 4.43. The fourth-order valence-electron chi connectivity index (χ4n) is 3.08. The van der Waals surface area contributed by atoms with E-state index in [4.69, 9.17) is 9.97 Å². The van der Waals surface area contributed by atoms with Gasteiger partial charge in [-0.05, 0) is 30.4 Å². The van der Waals surface area contributed by atoms with Crippen LogP contribution in [0.4, 0.5) is 5.82 Å². The molecule has 0 fully saturated rings. The zero-order chi connectivity index (χ0) is 14.2. The molecule has 4 rings (SSSR count). The molecule has 106 valence electrons. The van der Waals surface area contributed by atoms with Crippen LogP contribution < -0.4 is 5.32 Å². The van der Waals surface area contributed by atoms with Crippen molar-refractivity contribution in [2.75, 3.05) is 12.4 Å². The van der Waals surface area contributed by atoms with Crippen LogP contribution >= 0.6 is 11.3 Å². The lowest BCUT2D eigenvalue weighted by atomic mass is 10.1. The van der Waals surface area contributed by atoms with Gasteiger partial charge in [0.25, 0.3) is 0 Å². The van der Waals surface area contributed by atoms with E-state index in [-0.39, 0.29) is 0 Å². The summed E-state index contributed by atoms with van der Waals surface area (Å²) in [7, 11) is 1.95. The highest BCUT2D eigenvalue weighted by Gasteiger charge is 2.21. The number of aryl methyl sites for hydroxylation is 2. The fourth-order valence-corrected chi connectivity index (χ4v) is 4.36. The first-order chi connectivity index (χ1) is 10.3. The number of rotatable bonds is 3. The van der Waals surface area contributed by atoms with Gasteiger partial charge in [-0.3, -0.25) is 0 Å². The van der Waals surface area contributed by atoms with E-state index in [0.29, 0.717) is 0 Å². The van der Waals surface area contributed by atoms with Crippen molar-refractivity contribution in [3.05, 3.63) is 52.2 Å². The molecule has 1 aliphatic carbocycles. The van der Waals surface area contributed by atoms with Crippen molar-refractivity contribution in [2.24, 2.45) is 0 Å². The molecule has 0 radical (unpaired) electrons. The maximum absolute atomic E-state index is 4.81. The Balaban J connectivity index is 1.81. The van der Waals surface area contributed by atoms with Gasteiger partial charge in [0.05, 0.1) is 5.39 Å². The molecule has 2 aromatic heterocycles. The van der Waals surface area contributed by atoms with Crippen LogP contribution in [0.15, 0.2) is 30.3 Å². The molecule has 3 nitrogen and oxygen atoms in total. The quantitative estimate of drug-likeness (QED) is 0.798. The van der Waals surface area contributed by atoms with E-state index in [9.17, 15) is 0 Å². The number of hydrogen-bond acceptors (Lipinski definition) is 4. The molecule has 0 atom stereocenters. The average molecular weight is 295 g/mol. The highest BCUT2D eigenvalue weighted by molar-refractivity contribution is 7.19. The van der Waals surface area contributed by atoms with Crippen LogP contribution in [0.2, 0.25) is 0 Å². The SMILES string of the molecule is CNc1nc(Cc2ccccc2)nc2sc3c(c12)CCC3. The van der Waals surface area contributed by atoms with Crippen molar-refractivity contribution in [1.82, 2.24) is 9.97 Å². The summed E-state index contributed by atoms with van der Waals surface area (Å²) in [4.78, 5) is 12.2. The summed E-state index contributed by atoms with van der Waals surface area (Å²) in [5.74, 6) is 1.89. The highest BCUT2D eigenvalue weighted by atomic mass is 32.1. The zero-order valence-corrected chi connectivity index (χ0v) is 12.8. The lowest BCUT2D eigenvalue weighted by Gasteiger charge is -2.07. The third-order valence-corrected chi connectivity index (χ3v) is 5.24. The van der Waals surface area contributed by atoms with Crippen molar-refractivity contribution in [2.45, 2.75) is 25.7 Å². The van der Waals surface area contributed by atoms with E-state index in [0.717, 1.165) is 22.9 Å². The molecule has 2 heterocycles. The minimum atomic E-state index is 0.786. The summed E-state index contributed by atoms with van der Waals surface area (Å²) in [6, 6.07) is 10.4. The number of fused-ring (bicyclic) bond motifs is 3. The van der Waals surface area contributed by atoms with E-state index < -0.39 is 0 Å². The Hall–Kier alpha value is -1.94. The summed E-state index contributed by atoms with van der Waals surface area (Å²) in [6.45, 7) is 0. The van der Waals surface area contributed by atoms with Crippen LogP contribution in [0.3, 0.4) is 0 Å². The molecule has 1 aromatic carbocycles. The van der Waals surface area contributed by atoms with Gasteiger partial charge in [0, 0.05) is 18.3 Å². The lowest BCUT2D eigenvalue weighted by molar-refractivity contribution is 0.916. The molecule has 0 bridgehead atoms. The molecule has 0 aliphatic heterocycles. The summed E-state index contributed by atoms with van der Waals surface area (Å²) in [5.41, 5.74) is 2.73. The number of anilines is 1. The highest BCUT2D eigenvalue weighted by Crippen LogP contribution is 2.39. The average Bonchev–Trinajstić information content (AvgIpc) is 3.07. The second kappa shape index (κ2) is 5.11. The topological polar surface area (TPSA) is 37.8 Å². The molecule has 1 aliphatic rings. The second-order valence-corrected chi connectivity index (χ2v) is 6.52. The van der Waals surface area contributed by atoms with Gasteiger partial charge in [0.15, 0.2) is 0 Å². The van der Waals surface area contributed by atoms with Gasteiger partial charge < -0.3 is 5.32 Å². The van der Waals surface area contributed by atoms with Crippen molar-refractivity contribution < 1.29 is 0 Å². The van der Waals surface area contributed by atoms with Gasteiger partial charge >= 0.3 is 0 Å². The van der Waals surface area contributed by atoms with Crippen molar-refractivity contribution in [1.29, 1.82) is 0 Å². The maximum Gasteiger partial charge on any atom is 0.138 e. The van der Waals surface area contributed by atoms with Crippen LogP contribution in [0.1, 0.15) is 28.2 Å². The Morgan fingerprint density at radius 3 is 2.81 bits per heavy atom. The Bertz CT molecular complexity index is 793. The van der Waals surface area contributed by atoms with E-state index in [2.05, 4.69) is 29.6 Å². The molecule has 3 aromatic rings. The Morgan fingerprint density at radius 2 is 2.00 bits per heavy atom. The standard InChI is InChI=1S/C17H17N3S/c1-18-16-15-12-8-5-9-13(12)21-17(15)20-14(19-16)10-11-6-3-2-4-7-11/h2-4,6-7H,5,8-10H2,1H3,(H,18,19,20). The number of nitrogens with zero attached hydrogens (tertiary/aromatic N) is 2. The van der Waals surface area contributed by atoms with Gasteiger partial charge in [0.1, 0.15) is 16.5 Å². The molecule has 21 heavy (non-hydrogen) atoms. The smallest absolute Gasteiger partial charge is 0.138 e. The van der Waals surface area contributed by atoms with Crippen molar-refractivity contribution >= 4 is 27.4 Å². The van der Waals surface area contributed by atoms with E-state index in [1.165, 1.54) is 40.7 Å². The normalized spacial score (nSPS) is 13.6. The largest absolute Gasteiger partial charge is 0.372 e. The van der Waals surface area contributed by atoms with Crippen LogP contribution in [0, 0.1) is 0 Å². The van der Waals surface area contributed by atoms with Gasteiger partial charge in [0.2, 0.25) is 0 Å². The molecule has 4 heteroatoms. The minimum absolute atomic E-state index is 0.786. The molecule has 0 saturated carbocycles. The Labute approximate surface area is 128 Å². The molecular formula is C17H17N3S. The molecule has 0 saturated heterocycles. The third-order valence-electron chi connectivity index (χ3n) is 4.05. The number of benzene rings is 1. The molecule has 0 unspecified atom stereocenters. The number of hydrogen-bond donors (Lipinski definition) is 1. The maximum atomic E-state index is 4.81. The monoisotopic (exact) mass is 295 g/mol.